The molecule has 2 bridgehead atoms. The fourth-order valence-electron chi connectivity index (χ4n) is 6.04. The molecule has 0 spiro atoms. The Balaban J connectivity index is 1.31. The maximum Gasteiger partial charge on any atom is 0.0214 e. The quantitative estimate of drug-likeness (QED) is 0.626. The molecule has 0 aliphatic heterocycles. The molecular formula is C27H38N2. The third kappa shape index (κ3) is 4.29. The van der Waals surface area contributed by atoms with E-state index in [2.05, 4.69) is 99.0 Å². The normalized spacial score (nSPS) is 28.7. The van der Waals surface area contributed by atoms with Crippen LogP contribution in [0.5, 0.6) is 0 Å². The van der Waals surface area contributed by atoms with Crippen molar-refractivity contribution in [2.45, 2.75) is 58.5 Å². The predicted molar refractivity (Wildman–Crippen MR) is 123 cm³/mol. The van der Waals surface area contributed by atoms with E-state index >= 15 is 0 Å². The Morgan fingerprint density at radius 2 is 1.48 bits per heavy atom. The van der Waals surface area contributed by atoms with Gasteiger partial charge in [0.15, 0.2) is 0 Å². The topological polar surface area (TPSA) is 24.1 Å². The summed E-state index contributed by atoms with van der Waals surface area (Å²) in [6, 6.07) is 23.0. The highest BCUT2D eigenvalue weighted by molar-refractivity contribution is 5.32. The van der Waals surface area contributed by atoms with Gasteiger partial charge in [-0.15, -0.1) is 0 Å². The van der Waals surface area contributed by atoms with E-state index in [9.17, 15) is 0 Å². The summed E-state index contributed by atoms with van der Waals surface area (Å²) in [6.07, 6.45) is 2.81. The standard InChI is InChI=1S/C27H38N2/c1-19(29-26-16-23-15-25(20(26)2)27(23,3)4)17-28-18-24(21-11-7-5-8-12-21)22-13-9-6-10-14-22/h5-14,19-20,23-26,28-29H,15-18H2,1-4H3/t19?,20-,23+,25-,26-/m1/s1. The first-order valence-corrected chi connectivity index (χ1v) is 11.5. The predicted octanol–water partition coefficient (Wildman–Crippen LogP) is 5.46. The molecule has 5 rings (SSSR count). The molecule has 2 heteroatoms. The van der Waals surface area contributed by atoms with Gasteiger partial charge in [0.2, 0.25) is 0 Å². The summed E-state index contributed by atoms with van der Waals surface area (Å²) in [5.41, 5.74) is 3.34. The Morgan fingerprint density at radius 1 is 0.897 bits per heavy atom. The van der Waals surface area contributed by atoms with Gasteiger partial charge in [-0.05, 0) is 54.1 Å². The maximum atomic E-state index is 3.96. The van der Waals surface area contributed by atoms with Gasteiger partial charge in [-0.25, -0.2) is 0 Å². The number of fused-ring (bicyclic) bond motifs is 2. The van der Waals surface area contributed by atoms with Crippen LogP contribution in [0, 0.1) is 23.2 Å². The lowest BCUT2D eigenvalue weighted by Crippen LogP contribution is -2.61. The lowest BCUT2D eigenvalue weighted by molar-refractivity contribution is -0.116. The molecule has 0 aromatic heterocycles. The van der Waals surface area contributed by atoms with Crippen LogP contribution in [0.4, 0.5) is 0 Å². The molecule has 29 heavy (non-hydrogen) atoms. The molecule has 0 saturated heterocycles. The zero-order valence-electron chi connectivity index (χ0n) is 18.6. The van der Waals surface area contributed by atoms with Gasteiger partial charge < -0.3 is 10.6 Å². The molecule has 2 aromatic rings. The van der Waals surface area contributed by atoms with Crippen molar-refractivity contribution in [1.29, 1.82) is 0 Å². The molecule has 3 fully saturated rings. The van der Waals surface area contributed by atoms with E-state index in [-0.39, 0.29) is 0 Å². The molecule has 0 radical (unpaired) electrons. The Bertz CT molecular complexity index is 730. The summed E-state index contributed by atoms with van der Waals surface area (Å²) >= 11 is 0. The minimum absolute atomic E-state index is 0.395. The van der Waals surface area contributed by atoms with Crippen molar-refractivity contribution in [2.24, 2.45) is 23.2 Å². The van der Waals surface area contributed by atoms with Crippen LogP contribution >= 0.6 is 0 Å². The zero-order valence-corrected chi connectivity index (χ0v) is 18.6. The molecule has 0 heterocycles. The second-order valence-electron chi connectivity index (χ2n) is 10.2. The minimum atomic E-state index is 0.395. The van der Waals surface area contributed by atoms with Crippen LogP contribution in [-0.4, -0.2) is 25.2 Å². The number of benzene rings is 2. The number of rotatable bonds is 8. The Labute approximate surface area is 177 Å². The van der Waals surface area contributed by atoms with Crippen LogP contribution in [0.25, 0.3) is 0 Å². The Kier molecular flexibility index (Phi) is 6.13. The van der Waals surface area contributed by atoms with Crippen LogP contribution in [0.1, 0.15) is 57.6 Å². The summed E-state index contributed by atoms with van der Waals surface area (Å²) in [6.45, 7) is 11.8. The van der Waals surface area contributed by atoms with E-state index in [1.807, 2.05) is 0 Å². The van der Waals surface area contributed by atoms with Gasteiger partial charge in [-0.1, -0.05) is 81.4 Å². The molecule has 0 amide bonds. The van der Waals surface area contributed by atoms with Gasteiger partial charge in [0.1, 0.15) is 0 Å². The summed E-state index contributed by atoms with van der Waals surface area (Å²) < 4.78 is 0. The van der Waals surface area contributed by atoms with Crippen LogP contribution in [0.2, 0.25) is 0 Å². The first-order chi connectivity index (χ1) is 14.0. The first-order valence-electron chi connectivity index (χ1n) is 11.5. The number of hydrogen-bond donors (Lipinski definition) is 2. The van der Waals surface area contributed by atoms with Crippen molar-refractivity contribution in [1.82, 2.24) is 10.6 Å². The average Bonchev–Trinajstić information content (AvgIpc) is 2.73. The SMILES string of the molecule is CC(CNCC(c1ccccc1)c1ccccc1)N[C@@H]1C[C@@H]2C[C@H]([C@H]1C)C2(C)C. The average molecular weight is 391 g/mol. The molecule has 3 aliphatic carbocycles. The van der Waals surface area contributed by atoms with Gasteiger partial charge in [-0.2, -0.15) is 0 Å². The molecule has 2 aromatic carbocycles. The third-order valence-electron chi connectivity index (χ3n) is 8.06. The van der Waals surface area contributed by atoms with Crippen molar-refractivity contribution < 1.29 is 0 Å². The van der Waals surface area contributed by atoms with Gasteiger partial charge in [-0.3, -0.25) is 0 Å². The summed E-state index contributed by atoms with van der Waals surface area (Å²) in [4.78, 5) is 0. The highest BCUT2D eigenvalue weighted by Crippen LogP contribution is 2.61. The highest BCUT2D eigenvalue weighted by atomic mass is 15.0. The van der Waals surface area contributed by atoms with Gasteiger partial charge >= 0.3 is 0 Å². The largest absolute Gasteiger partial charge is 0.314 e. The molecular weight excluding hydrogens is 352 g/mol. The first kappa shape index (κ1) is 20.6. The third-order valence-corrected chi connectivity index (χ3v) is 8.06. The smallest absolute Gasteiger partial charge is 0.0214 e. The van der Waals surface area contributed by atoms with Gasteiger partial charge in [0.25, 0.3) is 0 Å². The van der Waals surface area contributed by atoms with Crippen molar-refractivity contribution in [3.05, 3.63) is 71.8 Å². The van der Waals surface area contributed by atoms with E-state index in [4.69, 9.17) is 0 Å². The van der Waals surface area contributed by atoms with E-state index < -0.39 is 0 Å². The molecule has 156 valence electrons. The lowest BCUT2D eigenvalue weighted by atomic mass is 9.44. The molecule has 5 atom stereocenters. The van der Waals surface area contributed by atoms with E-state index in [1.54, 1.807) is 0 Å². The molecule has 3 aliphatic rings. The van der Waals surface area contributed by atoms with Crippen LogP contribution in [0.15, 0.2) is 60.7 Å². The van der Waals surface area contributed by atoms with Gasteiger partial charge in [0.05, 0.1) is 0 Å². The second kappa shape index (κ2) is 8.62. The number of nitrogens with one attached hydrogen (secondary N) is 2. The second-order valence-corrected chi connectivity index (χ2v) is 10.2. The lowest BCUT2D eigenvalue weighted by Gasteiger charge is -2.62. The fourth-order valence-corrected chi connectivity index (χ4v) is 6.04. The fraction of sp³-hybridized carbons (Fsp3) is 0.556. The van der Waals surface area contributed by atoms with E-state index in [0.29, 0.717) is 23.4 Å². The van der Waals surface area contributed by atoms with Crippen molar-refractivity contribution in [2.75, 3.05) is 13.1 Å². The summed E-state index contributed by atoms with van der Waals surface area (Å²) in [5.74, 6) is 3.01. The molecule has 1 unspecified atom stereocenters. The molecule has 3 saturated carbocycles. The monoisotopic (exact) mass is 390 g/mol. The Hall–Kier alpha value is -1.64. The summed E-state index contributed by atoms with van der Waals surface area (Å²) in [5, 5.41) is 7.72. The van der Waals surface area contributed by atoms with E-state index in [1.165, 1.54) is 24.0 Å². The van der Waals surface area contributed by atoms with Crippen LogP contribution < -0.4 is 10.6 Å². The van der Waals surface area contributed by atoms with Crippen LogP contribution in [-0.2, 0) is 0 Å². The van der Waals surface area contributed by atoms with Crippen LogP contribution in [0.3, 0.4) is 0 Å². The zero-order chi connectivity index (χ0) is 20.4. The van der Waals surface area contributed by atoms with E-state index in [0.717, 1.165) is 30.8 Å². The van der Waals surface area contributed by atoms with Crippen molar-refractivity contribution in [3.8, 4) is 0 Å². The highest BCUT2D eigenvalue weighted by Gasteiger charge is 2.56. The minimum Gasteiger partial charge on any atom is -0.314 e. The molecule has 2 N–H and O–H groups in total. The van der Waals surface area contributed by atoms with Crippen molar-refractivity contribution >= 4 is 0 Å². The van der Waals surface area contributed by atoms with Crippen molar-refractivity contribution in [3.63, 3.8) is 0 Å². The molecule has 2 nitrogen and oxygen atoms in total. The maximum absolute atomic E-state index is 3.96. The summed E-state index contributed by atoms with van der Waals surface area (Å²) in [7, 11) is 0. The number of hydrogen-bond acceptors (Lipinski definition) is 2. The Morgan fingerprint density at radius 3 is 2.00 bits per heavy atom. The van der Waals surface area contributed by atoms with Gasteiger partial charge in [0, 0.05) is 31.1 Å².